The standard InChI is InChI=1S/C18H20O5S/c1-9-7-12(17(21)16-14(19)5-4-6-15(16)20)11(3)13-8-10(2)24(22,23)18(9)13/h7,10,21H,4-6,8H2,1-3H3. The predicted molar refractivity (Wildman–Crippen MR) is 89.7 cm³/mol. The van der Waals surface area contributed by atoms with Crippen LogP contribution in [-0.2, 0) is 25.8 Å². The fraction of sp³-hybridized carbons (Fsp3) is 0.444. The van der Waals surface area contributed by atoms with Gasteiger partial charge >= 0.3 is 0 Å². The first-order valence-corrected chi connectivity index (χ1v) is 9.57. The summed E-state index contributed by atoms with van der Waals surface area (Å²) in [5, 5.41) is 10.1. The molecule has 0 amide bonds. The minimum atomic E-state index is -3.36. The van der Waals surface area contributed by atoms with Gasteiger partial charge in [0.05, 0.1) is 10.1 Å². The number of allylic oxidation sites excluding steroid dienone is 1. The number of hydrogen-bond donors (Lipinski definition) is 1. The van der Waals surface area contributed by atoms with E-state index in [1.165, 1.54) is 0 Å². The number of benzene rings is 1. The largest absolute Gasteiger partial charge is 0.506 e. The molecule has 2 aliphatic rings. The molecule has 5 nitrogen and oxygen atoms in total. The number of rotatable bonds is 1. The Hall–Kier alpha value is -1.95. The van der Waals surface area contributed by atoms with Crippen molar-refractivity contribution in [2.45, 2.75) is 56.6 Å². The van der Waals surface area contributed by atoms with Gasteiger partial charge in [0.15, 0.2) is 21.4 Å². The maximum Gasteiger partial charge on any atom is 0.181 e. The van der Waals surface area contributed by atoms with Crippen molar-refractivity contribution in [3.05, 3.63) is 33.9 Å². The summed E-state index contributed by atoms with van der Waals surface area (Å²) in [5.41, 5.74) is 2.09. The van der Waals surface area contributed by atoms with Crippen LogP contribution >= 0.6 is 0 Å². The van der Waals surface area contributed by atoms with Crippen molar-refractivity contribution in [2.24, 2.45) is 0 Å². The Kier molecular flexibility index (Phi) is 3.91. The van der Waals surface area contributed by atoms with Crippen molar-refractivity contribution < 1.29 is 23.1 Å². The van der Waals surface area contributed by atoms with Gasteiger partial charge in [0.1, 0.15) is 11.3 Å². The molecule has 0 aromatic heterocycles. The van der Waals surface area contributed by atoms with Gasteiger partial charge in [-0.3, -0.25) is 9.59 Å². The molecule has 24 heavy (non-hydrogen) atoms. The molecule has 1 saturated carbocycles. The summed E-state index contributed by atoms with van der Waals surface area (Å²) in [4.78, 5) is 24.5. The number of fused-ring (bicyclic) bond motifs is 1. The summed E-state index contributed by atoms with van der Waals surface area (Å²) in [5.74, 6) is -1.00. The van der Waals surface area contributed by atoms with E-state index in [1.54, 1.807) is 26.8 Å². The van der Waals surface area contributed by atoms with E-state index in [0.717, 1.165) is 0 Å². The molecule has 0 saturated heterocycles. The summed E-state index contributed by atoms with van der Waals surface area (Å²) in [7, 11) is -3.36. The van der Waals surface area contributed by atoms with E-state index < -0.39 is 15.1 Å². The van der Waals surface area contributed by atoms with Gasteiger partial charge in [-0.15, -0.1) is 0 Å². The number of carbonyl (C=O) groups is 2. The van der Waals surface area contributed by atoms with Crippen molar-refractivity contribution in [1.82, 2.24) is 0 Å². The Balaban J connectivity index is 2.26. The molecule has 1 heterocycles. The first-order chi connectivity index (χ1) is 11.2. The average molecular weight is 348 g/mol. The number of aliphatic hydroxyl groups is 1. The van der Waals surface area contributed by atoms with Crippen LogP contribution in [0.15, 0.2) is 16.5 Å². The molecule has 1 aromatic carbocycles. The van der Waals surface area contributed by atoms with Gasteiger partial charge in [0, 0.05) is 18.4 Å². The number of ketones is 2. The molecule has 0 spiro atoms. The van der Waals surface area contributed by atoms with Gasteiger partial charge in [-0.2, -0.15) is 0 Å². The lowest BCUT2D eigenvalue weighted by atomic mass is 9.87. The normalized spacial score (nSPS) is 22.6. The van der Waals surface area contributed by atoms with Crippen LogP contribution < -0.4 is 0 Å². The monoisotopic (exact) mass is 348 g/mol. The second kappa shape index (κ2) is 5.55. The number of aryl methyl sites for hydroxylation is 1. The van der Waals surface area contributed by atoms with Crippen molar-refractivity contribution >= 4 is 27.2 Å². The molecule has 1 aliphatic heterocycles. The Morgan fingerprint density at radius 3 is 2.33 bits per heavy atom. The highest BCUT2D eigenvalue weighted by Gasteiger charge is 2.38. The van der Waals surface area contributed by atoms with Crippen molar-refractivity contribution in [3.63, 3.8) is 0 Å². The molecule has 0 radical (unpaired) electrons. The number of carbonyl (C=O) groups excluding carboxylic acids is 2. The first kappa shape index (κ1) is 16.9. The molecule has 6 heteroatoms. The number of Topliss-reactive ketones (excluding diaryl/α,β-unsaturated/α-hetero) is 2. The molecule has 3 rings (SSSR count). The zero-order valence-electron chi connectivity index (χ0n) is 14.0. The lowest BCUT2D eigenvalue weighted by Crippen LogP contribution is -2.20. The first-order valence-electron chi connectivity index (χ1n) is 8.03. The molecule has 0 bridgehead atoms. The minimum absolute atomic E-state index is 0.141. The Labute approximate surface area is 141 Å². The van der Waals surface area contributed by atoms with Gasteiger partial charge in [0.25, 0.3) is 0 Å². The highest BCUT2D eigenvalue weighted by Crippen LogP contribution is 2.39. The average Bonchev–Trinajstić information content (AvgIpc) is 2.73. The summed E-state index contributed by atoms with van der Waals surface area (Å²) >= 11 is 0. The van der Waals surface area contributed by atoms with Crippen LogP contribution in [0.5, 0.6) is 0 Å². The molecule has 1 unspecified atom stereocenters. The maximum atomic E-state index is 12.5. The third-order valence-corrected chi connectivity index (χ3v) is 7.38. The van der Waals surface area contributed by atoms with E-state index in [9.17, 15) is 23.1 Å². The number of hydrogen-bond acceptors (Lipinski definition) is 5. The Morgan fingerprint density at radius 2 is 1.75 bits per heavy atom. The van der Waals surface area contributed by atoms with Gasteiger partial charge in [-0.05, 0) is 56.4 Å². The summed E-state index contributed by atoms with van der Waals surface area (Å²) in [6.07, 6.45) is 1.38. The summed E-state index contributed by atoms with van der Waals surface area (Å²) in [6.45, 7) is 5.08. The van der Waals surface area contributed by atoms with E-state index in [-0.39, 0.29) is 35.7 Å². The SMILES string of the molecule is Cc1cc(C(O)=C2C(=O)CCCC2=O)c(C)c2c1S(=O)(=O)C(C)C2. The van der Waals surface area contributed by atoms with Gasteiger partial charge < -0.3 is 5.11 Å². The van der Waals surface area contributed by atoms with Gasteiger partial charge in [-0.25, -0.2) is 8.42 Å². The number of sulfone groups is 1. The van der Waals surface area contributed by atoms with Crippen LogP contribution in [0.2, 0.25) is 0 Å². The maximum absolute atomic E-state index is 12.5. The Morgan fingerprint density at radius 1 is 1.17 bits per heavy atom. The highest BCUT2D eigenvalue weighted by atomic mass is 32.2. The fourth-order valence-corrected chi connectivity index (χ4v) is 5.54. The lowest BCUT2D eigenvalue weighted by molar-refractivity contribution is -0.123. The van der Waals surface area contributed by atoms with Crippen LogP contribution in [0.4, 0.5) is 0 Å². The van der Waals surface area contributed by atoms with E-state index in [4.69, 9.17) is 0 Å². The molecule has 1 aliphatic carbocycles. The molecule has 1 fully saturated rings. The van der Waals surface area contributed by atoms with Crippen molar-refractivity contribution in [2.75, 3.05) is 0 Å². The van der Waals surface area contributed by atoms with Crippen molar-refractivity contribution in [1.29, 1.82) is 0 Å². The predicted octanol–water partition coefficient (Wildman–Crippen LogP) is 2.61. The van der Waals surface area contributed by atoms with Gasteiger partial charge in [-0.1, -0.05) is 0 Å². The van der Waals surface area contributed by atoms with Crippen LogP contribution in [-0.4, -0.2) is 30.3 Å². The van der Waals surface area contributed by atoms with Gasteiger partial charge in [0.2, 0.25) is 0 Å². The molecule has 1 atom stereocenters. The molecule has 1 N–H and O–H groups in total. The molecule has 128 valence electrons. The highest BCUT2D eigenvalue weighted by molar-refractivity contribution is 7.92. The number of aliphatic hydroxyl groups excluding tert-OH is 1. The topological polar surface area (TPSA) is 88.5 Å². The van der Waals surface area contributed by atoms with E-state index >= 15 is 0 Å². The van der Waals surface area contributed by atoms with Crippen molar-refractivity contribution in [3.8, 4) is 0 Å². The van der Waals surface area contributed by atoms with E-state index in [2.05, 4.69) is 0 Å². The van der Waals surface area contributed by atoms with Crippen LogP contribution in [0, 0.1) is 13.8 Å². The second-order valence-electron chi connectivity index (χ2n) is 6.66. The van der Waals surface area contributed by atoms with Crippen LogP contribution in [0.3, 0.4) is 0 Å². The third kappa shape index (κ3) is 2.32. The van der Waals surface area contributed by atoms with E-state index in [0.29, 0.717) is 40.0 Å². The quantitative estimate of drug-likeness (QED) is 0.479. The Bertz CT molecular complexity index is 888. The lowest BCUT2D eigenvalue weighted by Gasteiger charge is -2.17. The van der Waals surface area contributed by atoms with Crippen LogP contribution in [0.1, 0.15) is 48.4 Å². The van der Waals surface area contributed by atoms with E-state index in [1.807, 2.05) is 0 Å². The fourth-order valence-electron chi connectivity index (χ4n) is 3.66. The smallest absolute Gasteiger partial charge is 0.181 e. The minimum Gasteiger partial charge on any atom is -0.506 e. The zero-order valence-corrected chi connectivity index (χ0v) is 14.8. The molecule has 1 aromatic rings. The summed E-state index contributed by atoms with van der Waals surface area (Å²) in [6, 6.07) is 1.57. The molecular weight excluding hydrogens is 328 g/mol. The second-order valence-corrected chi connectivity index (χ2v) is 8.96. The zero-order chi connectivity index (χ0) is 17.8. The van der Waals surface area contributed by atoms with Crippen LogP contribution in [0.25, 0.3) is 5.76 Å². The molecular formula is C18H20O5S. The third-order valence-electron chi connectivity index (χ3n) is 5.01. The summed E-state index contributed by atoms with van der Waals surface area (Å²) < 4.78 is 24.9.